The van der Waals surface area contributed by atoms with Crippen LogP contribution in [0.1, 0.15) is 6.42 Å². The van der Waals surface area contributed by atoms with Gasteiger partial charge >= 0.3 is 0 Å². The van der Waals surface area contributed by atoms with E-state index in [9.17, 15) is 9.18 Å². The van der Waals surface area contributed by atoms with E-state index in [4.69, 9.17) is 4.74 Å². The van der Waals surface area contributed by atoms with E-state index in [0.29, 0.717) is 24.7 Å². The molecule has 1 fully saturated rings. The zero-order valence-electron chi connectivity index (χ0n) is 10.5. The number of carbonyl (C=O) groups is 1. The molecular formula is C13H18ClFN2O2. The van der Waals surface area contributed by atoms with E-state index < -0.39 is 0 Å². The normalized spacial score (nSPS) is 14.2. The molecule has 4 nitrogen and oxygen atoms in total. The van der Waals surface area contributed by atoms with Crippen molar-refractivity contribution >= 4 is 18.3 Å². The molecule has 2 rings (SSSR count). The van der Waals surface area contributed by atoms with Gasteiger partial charge in [0.05, 0.1) is 13.0 Å². The molecule has 1 heterocycles. The molecule has 106 valence electrons. The number of amides is 1. The van der Waals surface area contributed by atoms with Crippen LogP contribution in [-0.4, -0.2) is 32.1 Å². The Bertz CT molecular complexity index is 396. The van der Waals surface area contributed by atoms with Gasteiger partial charge in [-0.15, -0.1) is 12.4 Å². The lowest BCUT2D eigenvalue weighted by atomic mass is 10.0. The fourth-order valence-electron chi connectivity index (χ4n) is 1.63. The molecule has 1 aliphatic heterocycles. The average molecular weight is 289 g/mol. The molecule has 0 radical (unpaired) electrons. The van der Waals surface area contributed by atoms with Crippen molar-refractivity contribution < 1.29 is 13.9 Å². The molecule has 0 bridgehead atoms. The quantitative estimate of drug-likeness (QED) is 0.831. The number of ether oxygens (including phenoxy) is 1. The van der Waals surface area contributed by atoms with Crippen molar-refractivity contribution in [2.24, 2.45) is 5.92 Å². The highest BCUT2D eigenvalue weighted by Gasteiger charge is 2.16. The van der Waals surface area contributed by atoms with Gasteiger partial charge in [-0.05, 0) is 24.3 Å². The molecule has 6 heteroatoms. The van der Waals surface area contributed by atoms with E-state index >= 15 is 0 Å². The highest BCUT2D eigenvalue weighted by atomic mass is 35.5. The van der Waals surface area contributed by atoms with Gasteiger partial charge in [0.1, 0.15) is 11.6 Å². The minimum Gasteiger partial charge on any atom is -0.493 e. The Morgan fingerprint density at radius 3 is 2.63 bits per heavy atom. The molecule has 1 saturated heterocycles. The Morgan fingerprint density at radius 2 is 2.05 bits per heavy atom. The summed E-state index contributed by atoms with van der Waals surface area (Å²) >= 11 is 0. The molecule has 1 aromatic rings. The van der Waals surface area contributed by atoms with Crippen molar-refractivity contribution in [3.05, 3.63) is 30.1 Å². The molecule has 1 amide bonds. The lowest BCUT2D eigenvalue weighted by Crippen LogP contribution is -2.48. The van der Waals surface area contributed by atoms with Crippen molar-refractivity contribution in [1.29, 1.82) is 0 Å². The molecular weight excluding hydrogens is 271 g/mol. The van der Waals surface area contributed by atoms with Crippen LogP contribution in [0.4, 0.5) is 4.39 Å². The highest BCUT2D eigenvalue weighted by molar-refractivity contribution is 5.85. The molecule has 2 N–H and O–H groups in total. The third-order valence-electron chi connectivity index (χ3n) is 2.87. The second kappa shape index (κ2) is 7.96. The van der Waals surface area contributed by atoms with Gasteiger partial charge in [-0.3, -0.25) is 4.79 Å². The van der Waals surface area contributed by atoms with Crippen molar-refractivity contribution in [3.8, 4) is 5.75 Å². The fraction of sp³-hybridized carbons (Fsp3) is 0.462. The second-order valence-electron chi connectivity index (χ2n) is 4.38. The van der Waals surface area contributed by atoms with Gasteiger partial charge in [0.2, 0.25) is 5.91 Å². The summed E-state index contributed by atoms with van der Waals surface area (Å²) in [6, 6.07) is 5.76. The fourth-order valence-corrected chi connectivity index (χ4v) is 1.63. The summed E-state index contributed by atoms with van der Waals surface area (Å²) in [6.45, 7) is 2.99. The van der Waals surface area contributed by atoms with E-state index in [1.165, 1.54) is 12.1 Å². The number of rotatable bonds is 6. The topological polar surface area (TPSA) is 50.4 Å². The molecule has 19 heavy (non-hydrogen) atoms. The lowest BCUT2D eigenvalue weighted by molar-refractivity contribution is -0.121. The summed E-state index contributed by atoms with van der Waals surface area (Å²) in [7, 11) is 0. The predicted octanol–water partition coefficient (Wildman–Crippen LogP) is 1.35. The molecule has 0 unspecified atom stereocenters. The number of benzene rings is 1. The van der Waals surface area contributed by atoms with Crippen molar-refractivity contribution in [3.63, 3.8) is 0 Å². The maximum absolute atomic E-state index is 12.6. The minimum absolute atomic E-state index is 0. The van der Waals surface area contributed by atoms with E-state index in [-0.39, 0.29) is 24.1 Å². The van der Waals surface area contributed by atoms with Crippen LogP contribution >= 0.6 is 12.4 Å². The van der Waals surface area contributed by atoms with Gasteiger partial charge in [0, 0.05) is 25.6 Å². The monoisotopic (exact) mass is 288 g/mol. The van der Waals surface area contributed by atoms with Gasteiger partial charge < -0.3 is 15.4 Å². The molecule has 0 spiro atoms. The Hall–Kier alpha value is -1.33. The predicted molar refractivity (Wildman–Crippen MR) is 73.1 cm³/mol. The Labute approximate surface area is 118 Å². The number of nitrogens with one attached hydrogen (secondary N) is 2. The standard InChI is InChI=1S/C13H17FN2O2.ClH/c14-11-1-3-12(4-2-11)18-6-5-13(17)16-9-10-7-15-8-10;/h1-4,10,15H,5-9H2,(H,16,17);1H. The van der Waals surface area contributed by atoms with Crippen LogP contribution in [0.15, 0.2) is 24.3 Å². The highest BCUT2D eigenvalue weighted by Crippen LogP contribution is 2.11. The van der Waals surface area contributed by atoms with Crippen LogP contribution in [0.5, 0.6) is 5.75 Å². The minimum atomic E-state index is -0.297. The second-order valence-corrected chi connectivity index (χ2v) is 4.38. The number of halogens is 2. The van der Waals surface area contributed by atoms with Crippen LogP contribution < -0.4 is 15.4 Å². The first-order valence-corrected chi connectivity index (χ1v) is 6.10. The molecule has 0 aromatic heterocycles. The summed E-state index contributed by atoms with van der Waals surface area (Å²) in [4.78, 5) is 11.5. The molecule has 0 saturated carbocycles. The van der Waals surface area contributed by atoms with E-state index in [0.717, 1.165) is 19.6 Å². The van der Waals surface area contributed by atoms with Gasteiger partial charge in [0.15, 0.2) is 0 Å². The van der Waals surface area contributed by atoms with Crippen LogP contribution in [0.2, 0.25) is 0 Å². The van der Waals surface area contributed by atoms with Crippen LogP contribution in [0, 0.1) is 11.7 Å². The third kappa shape index (κ3) is 5.44. The maximum atomic E-state index is 12.6. The van der Waals surface area contributed by atoms with Crippen molar-refractivity contribution in [2.75, 3.05) is 26.2 Å². The summed E-state index contributed by atoms with van der Waals surface area (Å²) in [6.07, 6.45) is 0.317. The zero-order valence-corrected chi connectivity index (χ0v) is 11.3. The maximum Gasteiger partial charge on any atom is 0.223 e. The number of hydrogen-bond acceptors (Lipinski definition) is 3. The number of hydrogen-bond donors (Lipinski definition) is 2. The SMILES string of the molecule is Cl.O=C(CCOc1ccc(F)cc1)NCC1CNC1. The van der Waals surface area contributed by atoms with Gasteiger partial charge in [0.25, 0.3) is 0 Å². The third-order valence-corrected chi connectivity index (χ3v) is 2.87. The average Bonchev–Trinajstić information content (AvgIpc) is 2.30. The summed E-state index contributed by atoms with van der Waals surface area (Å²) in [5.74, 6) is 0.831. The van der Waals surface area contributed by atoms with Crippen LogP contribution in [0.25, 0.3) is 0 Å². The number of carbonyl (C=O) groups excluding carboxylic acids is 1. The first-order chi connectivity index (χ1) is 8.74. The summed E-state index contributed by atoms with van der Waals surface area (Å²) in [5, 5.41) is 6.01. The molecule has 1 aliphatic rings. The molecule has 0 atom stereocenters. The first-order valence-electron chi connectivity index (χ1n) is 6.10. The molecule has 0 aliphatic carbocycles. The van der Waals surface area contributed by atoms with Crippen LogP contribution in [0.3, 0.4) is 0 Å². The largest absolute Gasteiger partial charge is 0.493 e. The first kappa shape index (κ1) is 15.7. The zero-order chi connectivity index (χ0) is 12.8. The van der Waals surface area contributed by atoms with Gasteiger partial charge in [-0.25, -0.2) is 4.39 Å². The van der Waals surface area contributed by atoms with Crippen molar-refractivity contribution in [1.82, 2.24) is 10.6 Å². The van der Waals surface area contributed by atoms with E-state index in [1.54, 1.807) is 12.1 Å². The lowest BCUT2D eigenvalue weighted by Gasteiger charge is -2.27. The van der Waals surface area contributed by atoms with Crippen molar-refractivity contribution in [2.45, 2.75) is 6.42 Å². The Balaban J connectivity index is 0.00000180. The van der Waals surface area contributed by atoms with Gasteiger partial charge in [-0.2, -0.15) is 0 Å². The summed E-state index contributed by atoms with van der Waals surface area (Å²) < 4.78 is 18.0. The molecule has 1 aromatic carbocycles. The van der Waals surface area contributed by atoms with E-state index in [1.807, 2.05) is 0 Å². The van der Waals surface area contributed by atoms with Crippen LogP contribution in [-0.2, 0) is 4.79 Å². The Morgan fingerprint density at radius 1 is 1.37 bits per heavy atom. The van der Waals surface area contributed by atoms with Gasteiger partial charge in [-0.1, -0.05) is 0 Å². The summed E-state index contributed by atoms with van der Waals surface area (Å²) in [5.41, 5.74) is 0. The smallest absolute Gasteiger partial charge is 0.223 e. The Kier molecular flexibility index (Phi) is 6.59. The van der Waals surface area contributed by atoms with E-state index in [2.05, 4.69) is 10.6 Å².